The molecule has 0 spiro atoms. The summed E-state index contributed by atoms with van der Waals surface area (Å²) in [6, 6.07) is 0. The Morgan fingerprint density at radius 3 is 1.94 bits per heavy atom. The monoisotopic (exact) mass is 502 g/mol. The molecule has 0 aromatic heterocycles. The van der Waals surface area contributed by atoms with Crippen LogP contribution in [-0.2, 0) is 28.2 Å². The van der Waals surface area contributed by atoms with Crippen molar-refractivity contribution in [1.82, 2.24) is 0 Å². The van der Waals surface area contributed by atoms with Crippen molar-refractivity contribution in [3.8, 4) is 59.7 Å². The number of terminal acetylenes is 1. The predicted molar refractivity (Wildman–Crippen MR) is 131 cm³/mol. The lowest BCUT2D eigenvalue weighted by Crippen LogP contribution is -2.29. The molecule has 0 rings (SSSR count). The van der Waals surface area contributed by atoms with Crippen LogP contribution in [0.3, 0.4) is 0 Å². The highest BCUT2D eigenvalue weighted by atomic mass is 31.2. The number of ether oxygens (including phenoxy) is 2. The van der Waals surface area contributed by atoms with Crippen molar-refractivity contribution >= 4 is 19.8 Å². The van der Waals surface area contributed by atoms with Crippen LogP contribution >= 0.6 is 7.82 Å². The molecule has 0 saturated carbocycles. The summed E-state index contributed by atoms with van der Waals surface area (Å²) in [5.74, 6) is 18.8. The average molecular weight is 503 g/mol. The van der Waals surface area contributed by atoms with E-state index in [2.05, 4.69) is 64.7 Å². The van der Waals surface area contributed by atoms with Crippen LogP contribution < -0.4 is 0 Å². The summed E-state index contributed by atoms with van der Waals surface area (Å²) in [6.07, 6.45) is 13.6. The van der Waals surface area contributed by atoms with E-state index >= 15 is 0 Å². The van der Waals surface area contributed by atoms with E-state index in [1.807, 2.05) is 0 Å². The minimum absolute atomic E-state index is 0.137. The molecule has 0 saturated heterocycles. The fourth-order valence-corrected chi connectivity index (χ4v) is 2.96. The van der Waals surface area contributed by atoms with Gasteiger partial charge in [-0.2, -0.15) is 0 Å². The number of phosphoric ester groups is 1. The molecule has 0 aliphatic rings. The number of rotatable bonds is 16. The van der Waals surface area contributed by atoms with E-state index in [0.717, 1.165) is 19.3 Å². The number of carbonyl (C=O) groups is 2. The SMILES string of the molecule is C#CC#CC#CC#CC#CC(=O)OC[C@H](COP(=O)(O)O)OC(=O)CCCCCCCCCCC. The first-order valence-corrected chi connectivity index (χ1v) is 12.8. The van der Waals surface area contributed by atoms with Crippen LogP contribution in [0.15, 0.2) is 0 Å². The maximum absolute atomic E-state index is 12.1. The number of hydrogen-bond acceptors (Lipinski definition) is 6. The highest BCUT2D eigenvalue weighted by Crippen LogP contribution is 2.35. The first kappa shape index (κ1) is 31.8. The Balaban J connectivity index is 4.48. The van der Waals surface area contributed by atoms with Crippen LogP contribution in [0.25, 0.3) is 0 Å². The molecule has 188 valence electrons. The molecule has 0 bridgehead atoms. The third kappa shape index (κ3) is 23.8. The third-order valence-electron chi connectivity index (χ3n) is 4.22. The van der Waals surface area contributed by atoms with Crippen LogP contribution in [-0.4, -0.2) is 41.0 Å². The standard InChI is InChI=1S/C26H31O8P/c1-3-5-7-9-11-13-15-17-19-21-26(28)34-24(23-33-35(29,30)31)22-32-25(27)20-18-16-14-12-10-8-6-4-2/h2,24H,3,5,7,9,11,13,15,17,19,21-23H2,1H3,(H2,29,30,31)/t24-/m1/s1. The zero-order valence-electron chi connectivity index (χ0n) is 19.9. The summed E-state index contributed by atoms with van der Waals surface area (Å²) in [6.45, 7) is 1.03. The van der Waals surface area contributed by atoms with Gasteiger partial charge < -0.3 is 19.3 Å². The van der Waals surface area contributed by atoms with Crippen LogP contribution in [0.2, 0.25) is 0 Å². The largest absolute Gasteiger partial charge is 0.469 e. The van der Waals surface area contributed by atoms with Crippen molar-refractivity contribution < 1.29 is 37.9 Å². The van der Waals surface area contributed by atoms with Crippen LogP contribution in [0, 0.1) is 59.7 Å². The first-order chi connectivity index (χ1) is 16.8. The quantitative estimate of drug-likeness (QED) is 0.109. The summed E-state index contributed by atoms with van der Waals surface area (Å²) in [5.41, 5.74) is 0. The zero-order chi connectivity index (χ0) is 26.2. The second kappa shape index (κ2) is 21.4. The molecular formula is C26H31O8P. The number of esters is 2. The highest BCUT2D eigenvalue weighted by molar-refractivity contribution is 7.46. The number of unbranched alkanes of at least 4 members (excludes halogenated alkanes) is 8. The number of phosphoric acid groups is 1. The lowest BCUT2D eigenvalue weighted by molar-refractivity contribution is -0.158. The van der Waals surface area contributed by atoms with Gasteiger partial charge >= 0.3 is 19.8 Å². The molecule has 8 nitrogen and oxygen atoms in total. The molecule has 0 fully saturated rings. The van der Waals surface area contributed by atoms with Crippen molar-refractivity contribution in [2.45, 2.75) is 77.2 Å². The van der Waals surface area contributed by atoms with Crippen molar-refractivity contribution in [2.24, 2.45) is 0 Å². The number of hydrogen-bond donors (Lipinski definition) is 2. The maximum Gasteiger partial charge on any atom is 0.469 e. The van der Waals surface area contributed by atoms with E-state index in [-0.39, 0.29) is 6.42 Å². The molecule has 0 unspecified atom stereocenters. The van der Waals surface area contributed by atoms with Gasteiger partial charge in [-0.3, -0.25) is 9.32 Å². The predicted octanol–water partition coefficient (Wildman–Crippen LogP) is 3.12. The van der Waals surface area contributed by atoms with Gasteiger partial charge in [-0.05, 0) is 53.8 Å². The Bertz CT molecular complexity index is 989. The first-order valence-electron chi connectivity index (χ1n) is 11.3. The van der Waals surface area contributed by atoms with E-state index in [4.69, 9.17) is 25.7 Å². The van der Waals surface area contributed by atoms with Crippen molar-refractivity contribution in [2.75, 3.05) is 13.2 Å². The minimum atomic E-state index is -4.80. The Kier molecular flexibility index (Phi) is 19.5. The molecule has 0 heterocycles. The second-order valence-electron chi connectivity index (χ2n) is 7.22. The Morgan fingerprint density at radius 2 is 1.37 bits per heavy atom. The van der Waals surface area contributed by atoms with Gasteiger partial charge in [-0.15, -0.1) is 6.42 Å². The molecule has 0 radical (unpaired) electrons. The highest BCUT2D eigenvalue weighted by Gasteiger charge is 2.22. The maximum atomic E-state index is 12.1. The molecule has 0 aromatic carbocycles. The van der Waals surface area contributed by atoms with Gasteiger partial charge in [0.1, 0.15) is 6.61 Å². The van der Waals surface area contributed by atoms with E-state index in [1.54, 1.807) is 0 Å². The van der Waals surface area contributed by atoms with Gasteiger partial charge in [0.25, 0.3) is 0 Å². The smallest absolute Gasteiger partial charge is 0.456 e. The average Bonchev–Trinajstić information content (AvgIpc) is 2.81. The van der Waals surface area contributed by atoms with Gasteiger partial charge in [0.2, 0.25) is 0 Å². The Labute approximate surface area is 208 Å². The normalized spacial score (nSPS) is 10.3. The third-order valence-corrected chi connectivity index (χ3v) is 4.71. The summed E-state index contributed by atoms with van der Waals surface area (Å²) >= 11 is 0. The van der Waals surface area contributed by atoms with Gasteiger partial charge in [0.05, 0.1) is 6.61 Å². The van der Waals surface area contributed by atoms with Crippen molar-refractivity contribution in [3.05, 3.63) is 0 Å². The molecule has 2 N–H and O–H groups in total. The van der Waals surface area contributed by atoms with E-state index in [0.29, 0.717) is 6.42 Å². The van der Waals surface area contributed by atoms with Gasteiger partial charge in [-0.1, -0.05) is 58.3 Å². The zero-order valence-corrected chi connectivity index (χ0v) is 20.8. The van der Waals surface area contributed by atoms with Crippen LogP contribution in [0.4, 0.5) is 0 Å². The molecule has 9 heteroatoms. The molecule has 0 amide bonds. The van der Waals surface area contributed by atoms with Crippen LogP contribution in [0.5, 0.6) is 0 Å². The topological polar surface area (TPSA) is 119 Å². The molecular weight excluding hydrogens is 471 g/mol. The molecule has 1 atom stereocenters. The fourth-order valence-electron chi connectivity index (χ4n) is 2.60. The number of carbonyl (C=O) groups excluding carboxylic acids is 2. The van der Waals surface area contributed by atoms with Crippen molar-refractivity contribution in [3.63, 3.8) is 0 Å². The second-order valence-corrected chi connectivity index (χ2v) is 8.46. The van der Waals surface area contributed by atoms with Gasteiger partial charge in [0.15, 0.2) is 6.10 Å². The van der Waals surface area contributed by atoms with Crippen LogP contribution in [0.1, 0.15) is 71.1 Å². The lowest BCUT2D eigenvalue weighted by Gasteiger charge is -2.17. The van der Waals surface area contributed by atoms with E-state index in [9.17, 15) is 14.2 Å². The van der Waals surface area contributed by atoms with Crippen molar-refractivity contribution in [1.29, 1.82) is 0 Å². The Hall–Kier alpha value is -3.15. The fraction of sp³-hybridized carbons (Fsp3) is 0.538. The summed E-state index contributed by atoms with van der Waals surface area (Å²) in [7, 11) is -4.80. The summed E-state index contributed by atoms with van der Waals surface area (Å²) in [5, 5.41) is 0. The van der Waals surface area contributed by atoms with E-state index < -0.39 is 39.1 Å². The Morgan fingerprint density at radius 1 is 0.829 bits per heavy atom. The lowest BCUT2D eigenvalue weighted by atomic mass is 10.1. The molecule has 35 heavy (non-hydrogen) atoms. The minimum Gasteiger partial charge on any atom is -0.456 e. The molecule has 0 aliphatic heterocycles. The van der Waals surface area contributed by atoms with E-state index in [1.165, 1.54) is 32.1 Å². The molecule has 0 aromatic rings. The summed E-state index contributed by atoms with van der Waals surface area (Å²) < 4.78 is 25.3. The van der Waals surface area contributed by atoms with Gasteiger partial charge in [-0.25, -0.2) is 9.36 Å². The molecule has 0 aliphatic carbocycles. The van der Waals surface area contributed by atoms with Gasteiger partial charge in [0, 0.05) is 12.3 Å². The summed E-state index contributed by atoms with van der Waals surface area (Å²) in [4.78, 5) is 41.5.